The fourth-order valence-corrected chi connectivity index (χ4v) is 2.73. The average molecular weight is 353 g/mol. The first-order valence-corrected chi connectivity index (χ1v) is 8.74. The highest BCUT2D eigenvalue weighted by Crippen LogP contribution is 2.30. The zero-order valence-corrected chi connectivity index (χ0v) is 17.7. The molecule has 0 unspecified atom stereocenters. The van der Waals surface area contributed by atoms with E-state index in [4.69, 9.17) is 4.74 Å². The molecule has 0 aliphatic rings. The molecule has 0 rings (SSSR count). The molecule has 0 aromatic carbocycles. The number of esters is 2. The Balaban J connectivity index is 4.96. The Hall–Kier alpha value is -1.62. The smallest absolute Gasteiger partial charge is 0.343 e. The average Bonchev–Trinajstić information content (AvgIpc) is 2.39. The quantitative estimate of drug-likeness (QED) is 0.342. The lowest BCUT2D eigenvalue weighted by Crippen LogP contribution is -2.36. The number of rotatable bonds is 6. The Morgan fingerprint density at radius 2 is 1.52 bits per heavy atom. The summed E-state index contributed by atoms with van der Waals surface area (Å²) < 4.78 is 5.05. The molecule has 0 saturated heterocycles. The number of nitrogens with zero attached hydrogens (tertiary/aromatic N) is 1. The zero-order valence-electron chi connectivity index (χ0n) is 17.7. The normalized spacial score (nSPS) is 14.1. The van der Waals surface area contributed by atoms with Gasteiger partial charge in [-0.05, 0) is 47.6 Å². The number of carbonyl (C=O) groups excluding carboxylic acids is 2. The summed E-state index contributed by atoms with van der Waals surface area (Å²) in [6.45, 7) is 16.5. The molecule has 0 radical (unpaired) electrons. The molecule has 0 atom stereocenters. The summed E-state index contributed by atoms with van der Waals surface area (Å²) >= 11 is 0. The molecule has 0 aromatic heterocycles. The Morgan fingerprint density at radius 1 is 1.00 bits per heavy atom. The molecular formula is C20H36N2O3. The summed E-state index contributed by atoms with van der Waals surface area (Å²) in [6, 6.07) is 0. The predicted molar refractivity (Wildman–Crippen MR) is 103 cm³/mol. The fraction of sp³-hybridized carbons (Fsp3) is 0.700. The summed E-state index contributed by atoms with van der Waals surface area (Å²) in [6.07, 6.45) is 2.50. The highest BCUT2D eigenvalue weighted by molar-refractivity contribution is 6.01. The monoisotopic (exact) mass is 352 g/mol. The standard InChI is InChI=1S/C20H36N2O3/c1-14(12-11-13-21-20(6,7)8)17(23)25-18(24)15(2)16(22(9)10)19(3,4)5/h12,21H,11,13H2,1-10H3. The molecule has 0 aliphatic carbocycles. The van der Waals surface area contributed by atoms with Crippen LogP contribution in [0.15, 0.2) is 22.9 Å². The predicted octanol–water partition coefficient (Wildman–Crippen LogP) is 3.66. The lowest BCUT2D eigenvalue weighted by molar-refractivity contribution is -0.154. The van der Waals surface area contributed by atoms with Crippen LogP contribution in [0.2, 0.25) is 0 Å². The molecule has 0 spiro atoms. The minimum Gasteiger partial charge on any atom is -0.386 e. The summed E-state index contributed by atoms with van der Waals surface area (Å²) in [5, 5.41) is 3.34. The Morgan fingerprint density at radius 3 is 1.92 bits per heavy atom. The highest BCUT2D eigenvalue weighted by atomic mass is 16.6. The third kappa shape index (κ3) is 8.87. The van der Waals surface area contributed by atoms with Gasteiger partial charge in [-0.15, -0.1) is 0 Å². The number of hydrogen-bond donors (Lipinski definition) is 1. The van der Waals surface area contributed by atoms with E-state index >= 15 is 0 Å². The van der Waals surface area contributed by atoms with Crippen molar-refractivity contribution >= 4 is 11.9 Å². The van der Waals surface area contributed by atoms with Gasteiger partial charge in [0.2, 0.25) is 0 Å². The largest absolute Gasteiger partial charge is 0.386 e. The van der Waals surface area contributed by atoms with E-state index in [1.54, 1.807) is 19.9 Å². The number of allylic oxidation sites excluding steroid dienone is 1. The first-order valence-electron chi connectivity index (χ1n) is 8.74. The molecule has 0 heterocycles. The second-order valence-corrected chi connectivity index (χ2v) is 8.65. The SMILES string of the molecule is CC(=CCCNC(C)(C)C)C(=O)OC(=O)C(C)=C(N(C)C)C(C)(C)C. The van der Waals surface area contributed by atoms with Crippen molar-refractivity contribution in [3.8, 4) is 0 Å². The fourth-order valence-electron chi connectivity index (χ4n) is 2.73. The highest BCUT2D eigenvalue weighted by Gasteiger charge is 2.26. The van der Waals surface area contributed by atoms with Gasteiger partial charge in [-0.2, -0.15) is 0 Å². The van der Waals surface area contributed by atoms with Crippen molar-refractivity contribution in [3.63, 3.8) is 0 Å². The van der Waals surface area contributed by atoms with Gasteiger partial charge >= 0.3 is 11.9 Å². The number of ether oxygens (including phenoxy) is 1. The molecule has 0 fully saturated rings. The molecule has 25 heavy (non-hydrogen) atoms. The topological polar surface area (TPSA) is 58.6 Å². The molecule has 144 valence electrons. The van der Waals surface area contributed by atoms with Crippen LogP contribution in [0.25, 0.3) is 0 Å². The van der Waals surface area contributed by atoms with Crippen LogP contribution in [0.4, 0.5) is 0 Å². The first-order chi connectivity index (χ1) is 11.2. The zero-order chi connectivity index (χ0) is 20.0. The van der Waals surface area contributed by atoms with Crippen molar-refractivity contribution in [2.24, 2.45) is 5.41 Å². The van der Waals surface area contributed by atoms with Crippen LogP contribution in [-0.2, 0) is 14.3 Å². The lowest BCUT2D eigenvalue weighted by atomic mass is 9.88. The maximum Gasteiger partial charge on any atom is 0.343 e. The molecule has 0 bridgehead atoms. The molecule has 0 aliphatic heterocycles. The van der Waals surface area contributed by atoms with Crippen LogP contribution in [0, 0.1) is 5.41 Å². The van der Waals surface area contributed by atoms with Crippen molar-refractivity contribution < 1.29 is 14.3 Å². The van der Waals surface area contributed by atoms with Gasteiger partial charge in [-0.25, -0.2) is 9.59 Å². The third-order valence-electron chi connectivity index (χ3n) is 3.58. The lowest BCUT2D eigenvalue weighted by Gasteiger charge is -2.31. The van der Waals surface area contributed by atoms with Crippen molar-refractivity contribution in [3.05, 3.63) is 22.9 Å². The van der Waals surface area contributed by atoms with E-state index in [9.17, 15) is 9.59 Å². The van der Waals surface area contributed by atoms with E-state index < -0.39 is 11.9 Å². The van der Waals surface area contributed by atoms with Crippen molar-refractivity contribution in [1.29, 1.82) is 0 Å². The van der Waals surface area contributed by atoms with Gasteiger partial charge in [0.1, 0.15) is 0 Å². The second-order valence-electron chi connectivity index (χ2n) is 8.65. The van der Waals surface area contributed by atoms with E-state index in [0.29, 0.717) is 17.6 Å². The van der Waals surface area contributed by atoms with Crippen LogP contribution in [0.1, 0.15) is 61.8 Å². The van der Waals surface area contributed by atoms with Gasteiger partial charge in [0.05, 0.1) is 5.57 Å². The first kappa shape index (κ1) is 23.4. The van der Waals surface area contributed by atoms with Gasteiger partial charge in [0.15, 0.2) is 0 Å². The van der Waals surface area contributed by atoms with E-state index in [1.807, 2.05) is 39.8 Å². The Kier molecular flexibility index (Phi) is 8.59. The molecule has 0 aromatic rings. The van der Waals surface area contributed by atoms with E-state index in [-0.39, 0.29) is 11.0 Å². The molecule has 0 amide bonds. The molecule has 5 heteroatoms. The Labute approximate surface area is 153 Å². The summed E-state index contributed by atoms with van der Waals surface area (Å²) in [4.78, 5) is 26.4. The minimum absolute atomic E-state index is 0.0374. The van der Waals surface area contributed by atoms with Crippen molar-refractivity contribution in [2.45, 2.75) is 67.3 Å². The van der Waals surface area contributed by atoms with Gasteiger partial charge in [0.25, 0.3) is 0 Å². The van der Waals surface area contributed by atoms with Crippen LogP contribution in [-0.4, -0.2) is 43.0 Å². The van der Waals surface area contributed by atoms with E-state index in [0.717, 1.165) is 12.2 Å². The summed E-state index contributed by atoms with van der Waals surface area (Å²) in [5.74, 6) is -1.18. The number of carbonyl (C=O) groups is 2. The summed E-state index contributed by atoms with van der Waals surface area (Å²) in [5.41, 5.74) is 1.56. The van der Waals surface area contributed by atoms with Crippen LogP contribution in [0.5, 0.6) is 0 Å². The van der Waals surface area contributed by atoms with Crippen LogP contribution < -0.4 is 5.32 Å². The Bertz CT molecular complexity index is 544. The van der Waals surface area contributed by atoms with E-state index in [1.165, 1.54) is 0 Å². The molecule has 1 N–H and O–H groups in total. The van der Waals surface area contributed by atoms with Crippen LogP contribution >= 0.6 is 0 Å². The van der Waals surface area contributed by atoms with Gasteiger partial charge in [-0.3, -0.25) is 0 Å². The third-order valence-corrected chi connectivity index (χ3v) is 3.58. The molecular weight excluding hydrogens is 316 g/mol. The van der Waals surface area contributed by atoms with Crippen LogP contribution in [0.3, 0.4) is 0 Å². The molecule has 0 saturated carbocycles. The van der Waals surface area contributed by atoms with Gasteiger partial charge < -0.3 is 15.0 Å². The van der Waals surface area contributed by atoms with Crippen molar-refractivity contribution in [2.75, 3.05) is 20.6 Å². The number of nitrogens with one attached hydrogen (secondary N) is 1. The van der Waals surface area contributed by atoms with Gasteiger partial charge in [0, 0.05) is 36.3 Å². The minimum atomic E-state index is -0.593. The second kappa shape index (κ2) is 9.18. The number of hydrogen-bond acceptors (Lipinski definition) is 5. The summed E-state index contributed by atoms with van der Waals surface area (Å²) in [7, 11) is 3.76. The van der Waals surface area contributed by atoms with Gasteiger partial charge in [-0.1, -0.05) is 26.8 Å². The van der Waals surface area contributed by atoms with Crippen molar-refractivity contribution in [1.82, 2.24) is 10.2 Å². The maximum absolute atomic E-state index is 12.3. The molecule has 5 nitrogen and oxygen atoms in total. The maximum atomic E-state index is 12.3. The van der Waals surface area contributed by atoms with E-state index in [2.05, 4.69) is 26.1 Å².